The van der Waals surface area contributed by atoms with Crippen molar-refractivity contribution in [2.75, 3.05) is 4.90 Å². The van der Waals surface area contributed by atoms with Crippen LogP contribution in [0.4, 0.5) is 9.52 Å². The van der Waals surface area contributed by atoms with Crippen LogP contribution >= 0.6 is 11.3 Å². The Labute approximate surface area is 217 Å². The van der Waals surface area contributed by atoms with E-state index in [-0.39, 0.29) is 23.0 Å². The van der Waals surface area contributed by atoms with Gasteiger partial charge in [-0.3, -0.25) is 14.5 Å². The molecule has 1 atom stereocenters. The van der Waals surface area contributed by atoms with Gasteiger partial charge < -0.3 is 9.84 Å². The minimum atomic E-state index is -0.927. The molecule has 0 spiro atoms. The second-order valence-electron chi connectivity index (χ2n) is 9.06. The first-order valence-electron chi connectivity index (χ1n) is 12.0. The Balaban J connectivity index is 1.68. The summed E-state index contributed by atoms with van der Waals surface area (Å²) in [5.41, 5.74) is 2.62. The van der Waals surface area contributed by atoms with Gasteiger partial charge in [0.25, 0.3) is 5.78 Å². The number of ketones is 1. The van der Waals surface area contributed by atoms with E-state index in [2.05, 4.69) is 11.9 Å². The molecule has 1 aliphatic rings. The Bertz CT molecular complexity index is 1520. The number of Topliss-reactive ketones (excluding diaryl/α,β-unsaturated/α-hetero) is 1. The van der Waals surface area contributed by atoms with E-state index in [0.29, 0.717) is 16.4 Å². The Morgan fingerprint density at radius 1 is 1.08 bits per heavy atom. The van der Waals surface area contributed by atoms with E-state index >= 15 is 0 Å². The van der Waals surface area contributed by atoms with Crippen molar-refractivity contribution in [3.8, 4) is 5.75 Å². The largest absolute Gasteiger partial charge is 0.507 e. The lowest BCUT2D eigenvalue weighted by atomic mass is 9.95. The first kappa shape index (κ1) is 24.6. The molecular weight excluding hydrogens is 491 g/mol. The molecule has 1 saturated heterocycles. The van der Waals surface area contributed by atoms with Gasteiger partial charge in [0.05, 0.1) is 27.9 Å². The maximum Gasteiger partial charge on any atom is 0.301 e. The van der Waals surface area contributed by atoms with Crippen LogP contribution in [0.3, 0.4) is 0 Å². The number of rotatable bonds is 6. The van der Waals surface area contributed by atoms with Crippen LogP contribution in [0.15, 0.2) is 72.3 Å². The fraction of sp³-hybridized carbons (Fsp3) is 0.207. The Morgan fingerprint density at radius 3 is 2.43 bits per heavy atom. The number of aromatic nitrogens is 1. The molecule has 0 radical (unpaired) electrons. The van der Waals surface area contributed by atoms with Gasteiger partial charge in [-0.05, 0) is 79.9 Å². The van der Waals surface area contributed by atoms with Crippen molar-refractivity contribution in [2.24, 2.45) is 0 Å². The molecule has 37 heavy (non-hydrogen) atoms. The molecule has 5 rings (SSSR count). The summed E-state index contributed by atoms with van der Waals surface area (Å²) >= 11 is 1.31. The number of amides is 1. The van der Waals surface area contributed by atoms with Crippen molar-refractivity contribution in [1.82, 2.24) is 4.98 Å². The summed E-state index contributed by atoms with van der Waals surface area (Å²) in [6, 6.07) is 17.2. The predicted octanol–water partition coefficient (Wildman–Crippen LogP) is 6.41. The number of hydrogen-bond donors (Lipinski definition) is 1. The third-order valence-electron chi connectivity index (χ3n) is 6.19. The fourth-order valence-electron chi connectivity index (χ4n) is 4.39. The summed E-state index contributed by atoms with van der Waals surface area (Å²) < 4.78 is 20.2. The van der Waals surface area contributed by atoms with Crippen LogP contribution in [0.1, 0.15) is 43.5 Å². The van der Waals surface area contributed by atoms with Gasteiger partial charge in [0, 0.05) is 5.56 Å². The third kappa shape index (κ3) is 4.60. The fourth-order valence-corrected chi connectivity index (χ4v) is 5.45. The summed E-state index contributed by atoms with van der Waals surface area (Å²) in [7, 11) is 0. The number of anilines is 1. The molecule has 1 fully saturated rings. The number of hydrogen-bond acceptors (Lipinski definition) is 6. The second kappa shape index (κ2) is 9.78. The third-order valence-corrected chi connectivity index (χ3v) is 7.20. The number of carbonyl (C=O) groups is 2. The lowest BCUT2D eigenvalue weighted by molar-refractivity contribution is -0.132. The molecule has 2 heterocycles. The standard InChI is InChI=1S/C29H25FN2O4S/c1-4-17-5-14-22-23(15-17)37-29(31-22)32-25(18-8-12-21(13-9-18)36-16(2)3)24(27(34)28(32)35)26(33)19-6-10-20(30)11-7-19/h5-16,25,33H,4H2,1-3H3/t25-/m1/s1. The number of aryl methyl sites for hydroxylation is 1. The lowest BCUT2D eigenvalue weighted by Gasteiger charge is -2.23. The van der Waals surface area contributed by atoms with Gasteiger partial charge in [0.1, 0.15) is 17.3 Å². The van der Waals surface area contributed by atoms with Crippen LogP contribution in [-0.4, -0.2) is 27.9 Å². The summed E-state index contributed by atoms with van der Waals surface area (Å²) in [5.74, 6) is -1.83. The van der Waals surface area contributed by atoms with E-state index in [0.717, 1.165) is 22.2 Å². The minimum absolute atomic E-state index is 0.0225. The average Bonchev–Trinajstić information content (AvgIpc) is 3.41. The molecule has 6 nitrogen and oxygen atoms in total. The van der Waals surface area contributed by atoms with Crippen molar-refractivity contribution in [2.45, 2.75) is 39.3 Å². The zero-order chi connectivity index (χ0) is 26.3. The molecule has 1 aliphatic heterocycles. The van der Waals surface area contributed by atoms with E-state index in [1.165, 1.54) is 40.5 Å². The van der Waals surface area contributed by atoms with E-state index in [1.807, 2.05) is 32.0 Å². The summed E-state index contributed by atoms with van der Waals surface area (Å²) in [5, 5.41) is 11.6. The summed E-state index contributed by atoms with van der Waals surface area (Å²) in [6.07, 6.45) is 0.835. The maximum atomic E-state index is 13.5. The lowest BCUT2D eigenvalue weighted by Crippen LogP contribution is -2.29. The van der Waals surface area contributed by atoms with Crippen LogP contribution in [0.25, 0.3) is 16.0 Å². The quantitative estimate of drug-likeness (QED) is 0.182. The topological polar surface area (TPSA) is 79.7 Å². The van der Waals surface area contributed by atoms with E-state index < -0.39 is 23.5 Å². The normalized spacial score (nSPS) is 17.2. The van der Waals surface area contributed by atoms with E-state index in [9.17, 15) is 19.1 Å². The average molecular weight is 517 g/mol. The summed E-state index contributed by atoms with van der Waals surface area (Å²) in [6.45, 7) is 5.90. The smallest absolute Gasteiger partial charge is 0.301 e. The number of halogens is 1. The molecule has 0 unspecified atom stereocenters. The highest BCUT2D eigenvalue weighted by molar-refractivity contribution is 7.22. The van der Waals surface area contributed by atoms with Crippen molar-refractivity contribution in [3.63, 3.8) is 0 Å². The monoisotopic (exact) mass is 516 g/mol. The number of benzene rings is 3. The first-order chi connectivity index (χ1) is 17.8. The summed E-state index contributed by atoms with van der Waals surface area (Å²) in [4.78, 5) is 32.8. The number of fused-ring (bicyclic) bond motifs is 1. The molecule has 8 heteroatoms. The van der Waals surface area contributed by atoms with Gasteiger partial charge in [0.2, 0.25) is 0 Å². The molecule has 188 valence electrons. The Morgan fingerprint density at radius 2 is 1.78 bits per heavy atom. The van der Waals surface area contributed by atoms with Crippen LogP contribution in [0.2, 0.25) is 0 Å². The molecule has 3 aromatic carbocycles. The molecule has 1 aromatic heterocycles. The van der Waals surface area contributed by atoms with Crippen LogP contribution < -0.4 is 9.64 Å². The van der Waals surface area contributed by atoms with Crippen LogP contribution in [0, 0.1) is 5.82 Å². The highest BCUT2D eigenvalue weighted by atomic mass is 32.1. The molecule has 1 amide bonds. The number of aliphatic hydroxyl groups excluding tert-OH is 1. The Hall–Kier alpha value is -4.04. The SMILES string of the molecule is CCc1ccc2nc(N3C(=O)C(=O)C(=C(O)c4ccc(F)cc4)[C@H]3c3ccc(OC(C)C)cc3)sc2c1. The number of carbonyl (C=O) groups excluding carboxylic acids is 2. The zero-order valence-corrected chi connectivity index (χ0v) is 21.4. The van der Waals surface area contributed by atoms with Gasteiger partial charge in [0.15, 0.2) is 5.13 Å². The number of aliphatic hydroxyl groups is 1. The molecule has 4 aromatic rings. The Kier molecular flexibility index (Phi) is 6.52. The highest BCUT2D eigenvalue weighted by Gasteiger charge is 2.48. The maximum absolute atomic E-state index is 13.5. The van der Waals surface area contributed by atoms with Gasteiger partial charge in [-0.15, -0.1) is 0 Å². The minimum Gasteiger partial charge on any atom is -0.507 e. The first-order valence-corrected chi connectivity index (χ1v) is 12.8. The van der Waals surface area contributed by atoms with Crippen LogP contribution in [0.5, 0.6) is 5.75 Å². The van der Waals surface area contributed by atoms with Gasteiger partial charge in [-0.2, -0.15) is 0 Å². The molecule has 0 aliphatic carbocycles. The van der Waals surface area contributed by atoms with Crippen molar-refractivity contribution in [1.29, 1.82) is 0 Å². The zero-order valence-electron chi connectivity index (χ0n) is 20.6. The van der Waals surface area contributed by atoms with Gasteiger partial charge in [-0.25, -0.2) is 9.37 Å². The highest BCUT2D eigenvalue weighted by Crippen LogP contribution is 2.44. The molecule has 0 saturated carbocycles. The van der Waals surface area contributed by atoms with Gasteiger partial charge >= 0.3 is 5.91 Å². The number of thiazole rings is 1. The van der Waals surface area contributed by atoms with Crippen molar-refractivity contribution in [3.05, 3.63) is 94.8 Å². The predicted molar refractivity (Wildman–Crippen MR) is 142 cm³/mol. The second-order valence-corrected chi connectivity index (χ2v) is 10.1. The van der Waals surface area contributed by atoms with Crippen LogP contribution in [-0.2, 0) is 16.0 Å². The molecule has 1 N–H and O–H groups in total. The number of ether oxygens (including phenoxy) is 1. The number of nitrogens with zero attached hydrogens (tertiary/aromatic N) is 2. The molecular formula is C29H25FN2O4S. The van der Waals surface area contributed by atoms with E-state index in [4.69, 9.17) is 4.74 Å². The van der Waals surface area contributed by atoms with E-state index in [1.54, 1.807) is 24.3 Å². The van der Waals surface area contributed by atoms with Gasteiger partial charge in [-0.1, -0.05) is 36.5 Å². The van der Waals surface area contributed by atoms with Crippen molar-refractivity contribution >= 4 is 44.1 Å². The molecule has 0 bridgehead atoms. The van der Waals surface area contributed by atoms with Crippen molar-refractivity contribution < 1.29 is 23.8 Å².